The molecule has 8 nitrogen and oxygen atoms in total. The summed E-state index contributed by atoms with van der Waals surface area (Å²) >= 11 is 5.25. The van der Waals surface area contributed by atoms with Crippen molar-refractivity contribution in [3.63, 3.8) is 0 Å². The maximum absolute atomic E-state index is 15.2. The molecule has 3 rings (SSSR count). The normalized spacial score (nSPS) is 29.6. The van der Waals surface area contributed by atoms with Crippen molar-refractivity contribution in [3.8, 4) is 11.3 Å². The number of nitrogen functional groups attached to an aromatic ring is 1. The summed E-state index contributed by atoms with van der Waals surface area (Å²) in [6.07, 6.45) is -4.14. The second-order valence-corrected chi connectivity index (χ2v) is 5.36. The van der Waals surface area contributed by atoms with Crippen LogP contribution < -0.4 is 11.3 Å². The Morgan fingerprint density at radius 3 is 2.96 bits per heavy atom. The summed E-state index contributed by atoms with van der Waals surface area (Å²) in [7, 11) is 0. The molecule has 1 fully saturated rings. The van der Waals surface area contributed by atoms with Crippen molar-refractivity contribution in [1.82, 2.24) is 14.5 Å². The van der Waals surface area contributed by atoms with Gasteiger partial charge in [-0.25, -0.2) is 8.78 Å². The summed E-state index contributed by atoms with van der Waals surface area (Å²) in [5, 5.41) is 20.6. The third-order valence-electron chi connectivity index (χ3n) is 3.77. The van der Waals surface area contributed by atoms with E-state index >= 15 is 4.39 Å². The van der Waals surface area contributed by atoms with Crippen LogP contribution in [0.2, 0.25) is 0 Å². The van der Waals surface area contributed by atoms with E-state index < -0.39 is 47.5 Å². The standard InChI is InChI=1S/C13H11ClF2N4O4/c14-2-1-13(16)8(22)6(4-21)24-11(13)20-3-5(15)7-9(20)18-12(17)19-10(7)23/h3,6,8,11,21-22H,4H2,(H3,17,18,19,23)/t6-,8?,11-,13-/m1/s1. The van der Waals surface area contributed by atoms with Crippen LogP contribution in [0.4, 0.5) is 14.7 Å². The highest BCUT2D eigenvalue weighted by Crippen LogP contribution is 2.42. The Hall–Kier alpha value is -2.19. The molecule has 1 aliphatic heterocycles. The van der Waals surface area contributed by atoms with E-state index in [9.17, 15) is 19.4 Å². The predicted molar refractivity (Wildman–Crippen MR) is 79.2 cm³/mol. The largest absolute Gasteiger partial charge is 0.394 e. The van der Waals surface area contributed by atoms with Gasteiger partial charge in [-0.05, 0) is 17.5 Å². The molecule has 2 aromatic rings. The van der Waals surface area contributed by atoms with E-state index in [4.69, 9.17) is 22.1 Å². The van der Waals surface area contributed by atoms with Gasteiger partial charge < -0.3 is 20.7 Å². The number of hydrogen-bond acceptors (Lipinski definition) is 6. The van der Waals surface area contributed by atoms with Crippen molar-refractivity contribution >= 4 is 28.6 Å². The Morgan fingerprint density at radius 2 is 2.33 bits per heavy atom. The molecule has 3 heterocycles. The second-order valence-electron chi connectivity index (χ2n) is 5.18. The Bertz CT molecular complexity index is 920. The Morgan fingerprint density at radius 1 is 1.62 bits per heavy atom. The highest BCUT2D eigenvalue weighted by molar-refractivity contribution is 6.30. The molecule has 0 amide bonds. The number of halogens is 3. The molecule has 0 aromatic carbocycles. The highest BCUT2D eigenvalue weighted by atomic mass is 35.5. The average molecular weight is 361 g/mol. The molecule has 0 radical (unpaired) electrons. The van der Waals surface area contributed by atoms with Gasteiger partial charge in [0, 0.05) is 11.6 Å². The summed E-state index contributed by atoms with van der Waals surface area (Å²) in [4.78, 5) is 17.7. The molecule has 2 aromatic heterocycles. The van der Waals surface area contributed by atoms with Crippen LogP contribution in [0.3, 0.4) is 0 Å². The SMILES string of the molecule is Nc1nc2c(c(F)cn2[C@@H]2O[C@H](CO)C(O)[C@]2(F)C#CCl)c(=O)[nH]1. The number of aromatic amines is 1. The van der Waals surface area contributed by atoms with E-state index in [1.54, 1.807) is 0 Å². The highest BCUT2D eigenvalue weighted by Gasteiger charge is 2.58. The van der Waals surface area contributed by atoms with Crippen LogP contribution in [0, 0.1) is 17.1 Å². The Labute approximate surface area is 137 Å². The number of nitrogens with one attached hydrogen (secondary N) is 1. The molecule has 1 aliphatic rings. The molecule has 1 unspecified atom stereocenters. The molecule has 0 bridgehead atoms. The molecule has 0 saturated carbocycles. The molecular formula is C13H11ClF2N4O4. The lowest BCUT2D eigenvalue weighted by molar-refractivity contribution is -0.0503. The van der Waals surface area contributed by atoms with Gasteiger partial charge in [0.05, 0.1) is 6.61 Å². The summed E-state index contributed by atoms with van der Waals surface area (Å²) < 4.78 is 35.4. The minimum absolute atomic E-state index is 0.303. The van der Waals surface area contributed by atoms with Gasteiger partial charge in [-0.15, -0.1) is 0 Å². The average Bonchev–Trinajstić information content (AvgIpc) is 2.96. The lowest BCUT2D eigenvalue weighted by atomic mass is 9.97. The van der Waals surface area contributed by atoms with Crippen LogP contribution in [0.1, 0.15) is 6.23 Å². The van der Waals surface area contributed by atoms with Gasteiger partial charge in [-0.3, -0.25) is 14.3 Å². The fraction of sp³-hybridized carbons (Fsp3) is 0.385. The maximum atomic E-state index is 15.2. The maximum Gasteiger partial charge on any atom is 0.264 e. The number of nitrogens with two attached hydrogens (primary N) is 1. The molecular weight excluding hydrogens is 350 g/mol. The Kier molecular flexibility index (Phi) is 3.97. The van der Waals surface area contributed by atoms with E-state index in [0.29, 0.717) is 0 Å². The van der Waals surface area contributed by atoms with Gasteiger partial charge in [0.2, 0.25) is 11.6 Å². The number of anilines is 1. The van der Waals surface area contributed by atoms with E-state index in [1.165, 1.54) is 0 Å². The molecule has 4 atom stereocenters. The van der Waals surface area contributed by atoms with Crippen molar-refractivity contribution in [2.45, 2.75) is 24.1 Å². The summed E-state index contributed by atoms with van der Waals surface area (Å²) in [6.45, 7) is -0.717. The van der Waals surface area contributed by atoms with Crippen molar-refractivity contribution in [2.24, 2.45) is 0 Å². The summed E-state index contributed by atoms with van der Waals surface area (Å²) in [5.74, 6) is 0.644. The van der Waals surface area contributed by atoms with E-state index in [1.807, 2.05) is 11.3 Å². The zero-order chi connectivity index (χ0) is 17.6. The van der Waals surface area contributed by atoms with E-state index in [2.05, 4.69) is 9.97 Å². The topological polar surface area (TPSA) is 126 Å². The molecule has 128 valence electrons. The zero-order valence-electron chi connectivity index (χ0n) is 11.8. The van der Waals surface area contributed by atoms with Crippen LogP contribution in [0.15, 0.2) is 11.0 Å². The van der Waals surface area contributed by atoms with Gasteiger partial charge in [-0.1, -0.05) is 0 Å². The van der Waals surface area contributed by atoms with Gasteiger partial charge >= 0.3 is 0 Å². The number of nitrogens with zero attached hydrogens (tertiary/aromatic N) is 2. The van der Waals surface area contributed by atoms with Crippen LogP contribution in [0.5, 0.6) is 0 Å². The van der Waals surface area contributed by atoms with Crippen molar-refractivity contribution in [2.75, 3.05) is 12.3 Å². The summed E-state index contributed by atoms with van der Waals surface area (Å²) in [5.41, 5.74) is 1.50. The number of hydrogen-bond donors (Lipinski definition) is 4. The number of aliphatic hydroxyl groups is 2. The third-order valence-corrected chi connectivity index (χ3v) is 3.87. The Balaban J connectivity index is 2.26. The third kappa shape index (κ3) is 2.25. The quantitative estimate of drug-likeness (QED) is 0.540. The number of aromatic nitrogens is 3. The molecule has 11 heteroatoms. The minimum atomic E-state index is -2.77. The molecule has 24 heavy (non-hydrogen) atoms. The van der Waals surface area contributed by atoms with Gasteiger partial charge in [0.1, 0.15) is 17.6 Å². The lowest BCUT2D eigenvalue weighted by Crippen LogP contribution is -2.42. The summed E-state index contributed by atoms with van der Waals surface area (Å²) in [6, 6.07) is 0. The first-order valence-electron chi connectivity index (χ1n) is 6.65. The first kappa shape index (κ1) is 16.7. The molecule has 1 saturated heterocycles. The fourth-order valence-corrected chi connectivity index (χ4v) is 2.83. The van der Waals surface area contributed by atoms with Crippen molar-refractivity contribution < 1.29 is 23.7 Å². The van der Waals surface area contributed by atoms with E-state index in [-0.39, 0.29) is 11.6 Å². The molecule has 0 aliphatic carbocycles. The van der Waals surface area contributed by atoms with Crippen molar-refractivity contribution in [1.29, 1.82) is 0 Å². The van der Waals surface area contributed by atoms with E-state index in [0.717, 1.165) is 10.8 Å². The lowest BCUT2D eigenvalue weighted by Gasteiger charge is -2.23. The number of fused-ring (bicyclic) bond motifs is 1. The first-order chi connectivity index (χ1) is 11.3. The zero-order valence-corrected chi connectivity index (χ0v) is 12.6. The van der Waals surface area contributed by atoms with Crippen LogP contribution in [0.25, 0.3) is 11.0 Å². The van der Waals surface area contributed by atoms with Crippen molar-refractivity contribution in [3.05, 3.63) is 22.4 Å². The molecule has 5 N–H and O–H groups in total. The predicted octanol–water partition coefficient (Wildman–Crippen LogP) is -0.396. The fourth-order valence-electron chi connectivity index (χ4n) is 2.68. The number of rotatable bonds is 2. The molecule has 0 spiro atoms. The van der Waals surface area contributed by atoms with Crippen LogP contribution in [-0.4, -0.2) is 49.2 Å². The first-order valence-corrected chi connectivity index (χ1v) is 7.03. The number of ether oxygens (including phenoxy) is 1. The van der Waals surface area contributed by atoms with Gasteiger partial charge in [0.15, 0.2) is 17.7 Å². The second kappa shape index (κ2) is 5.71. The van der Waals surface area contributed by atoms with Crippen LogP contribution in [-0.2, 0) is 4.74 Å². The minimum Gasteiger partial charge on any atom is -0.394 e. The number of aliphatic hydroxyl groups excluding tert-OH is 2. The van der Waals surface area contributed by atoms with Gasteiger partial charge in [0.25, 0.3) is 5.56 Å². The smallest absolute Gasteiger partial charge is 0.264 e. The monoisotopic (exact) mass is 360 g/mol. The van der Waals surface area contributed by atoms with Crippen LogP contribution >= 0.6 is 11.6 Å². The van der Waals surface area contributed by atoms with Gasteiger partial charge in [-0.2, -0.15) is 4.98 Å². The number of alkyl halides is 1. The number of H-pyrrole nitrogens is 1.